The summed E-state index contributed by atoms with van der Waals surface area (Å²) in [4.78, 5) is 20.1. The smallest absolute Gasteiger partial charge is 0.253 e. The molecular weight excluding hydrogens is 414 g/mol. The zero-order valence-electron chi connectivity index (χ0n) is 16.5. The number of halogens is 1. The van der Waals surface area contributed by atoms with Crippen LogP contribution in [-0.2, 0) is 0 Å². The first-order valence-corrected chi connectivity index (χ1v) is 11.0. The lowest BCUT2D eigenvalue weighted by molar-refractivity contribution is 0.0563. The monoisotopic (exact) mass is 441 g/mol. The van der Waals surface area contributed by atoms with E-state index < -0.39 is 0 Å². The number of benzene rings is 2. The van der Waals surface area contributed by atoms with Gasteiger partial charge in [0.1, 0.15) is 0 Å². The average Bonchev–Trinajstić information content (AvgIpc) is 2.74. The van der Waals surface area contributed by atoms with Crippen molar-refractivity contribution in [2.75, 3.05) is 44.2 Å². The molecule has 4 nitrogen and oxygen atoms in total. The number of carbonyl (C=O) groups excluding carboxylic acids is 1. The van der Waals surface area contributed by atoms with Crippen molar-refractivity contribution in [2.45, 2.75) is 25.8 Å². The predicted molar refractivity (Wildman–Crippen MR) is 118 cm³/mol. The highest BCUT2D eigenvalue weighted by molar-refractivity contribution is 9.10. The summed E-state index contributed by atoms with van der Waals surface area (Å²) in [5.74, 6) is 0.157. The van der Waals surface area contributed by atoms with Gasteiger partial charge in [-0.05, 0) is 49.6 Å². The van der Waals surface area contributed by atoms with Gasteiger partial charge in [-0.2, -0.15) is 0 Å². The van der Waals surface area contributed by atoms with Crippen molar-refractivity contribution in [3.8, 4) is 0 Å². The SMILES string of the molecule is Cc1ccccc1N1CCN([C@H]2CCCN(C(=O)c3cccc(Br)c3)C2)CC1. The quantitative estimate of drug-likeness (QED) is 0.714. The van der Waals surface area contributed by atoms with Crippen LogP contribution in [0.25, 0.3) is 0 Å². The second-order valence-electron chi connectivity index (χ2n) is 7.87. The molecule has 2 aromatic carbocycles. The van der Waals surface area contributed by atoms with Gasteiger partial charge in [0.15, 0.2) is 0 Å². The number of anilines is 1. The zero-order valence-corrected chi connectivity index (χ0v) is 18.1. The van der Waals surface area contributed by atoms with Gasteiger partial charge in [-0.15, -0.1) is 0 Å². The van der Waals surface area contributed by atoms with Gasteiger partial charge in [-0.3, -0.25) is 9.69 Å². The second-order valence-corrected chi connectivity index (χ2v) is 8.78. The lowest BCUT2D eigenvalue weighted by atomic mass is 10.0. The van der Waals surface area contributed by atoms with Crippen LogP contribution in [0.15, 0.2) is 53.0 Å². The lowest BCUT2D eigenvalue weighted by Crippen LogP contribution is -2.56. The first-order valence-electron chi connectivity index (χ1n) is 10.2. The highest BCUT2D eigenvalue weighted by Gasteiger charge is 2.30. The fraction of sp³-hybridized carbons (Fsp3) is 0.435. The lowest BCUT2D eigenvalue weighted by Gasteiger charge is -2.44. The van der Waals surface area contributed by atoms with Crippen molar-refractivity contribution in [3.05, 3.63) is 64.1 Å². The second kappa shape index (κ2) is 8.66. The number of piperidine rings is 1. The van der Waals surface area contributed by atoms with E-state index in [1.54, 1.807) is 0 Å². The topological polar surface area (TPSA) is 26.8 Å². The van der Waals surface area contributed by atoms with Crippen LogP contribution in [0, 0.1) is 6.92 Å². The van der Waals surface area contributed by atoms with Crippen LogP contribution in [0.2, 0.25) is 0 Å². The summed E-state index contributed by atoms with van der Waals surface area (Å²) in [5, 5.41) is 0. The predicted octanol–water partition coefficient (Wildman–Crippen LogP) is 4.18. The fourth-order valence-corrected chi connectivity index (χ4v) is 4.89. The number of aryl methyl sites for hydroxylation is 1. The Kier molecular flexibility index (Phi) is 6.02. The maximum Gasteiger partial charge on any atom is 0.253 e. The van der Waals surface area contributed by atoms with Crippen LogP contribution >= 0.6 is 15.9 Å². The van der Waals surface area contributed by atoms with E-state index in [-0.39, 0.29) is 5.91 Å². The molecule has 1 amide bonds. The van der Waals surface area contributed by atoms with Gasteiger partial charge >= 0.3 is 0 Å². The van der Waals surface area contributed by atoms with E-state index in [0.29, 0.717) is 6.04 Å². The minimum absolute atomic E-state index is 0.157. The number of nitrogens with zero attached hydrogens (tertiary/aromatic N) is 3. The van der Waals surface area contributed by atoms with Gasteiger partial charge in [0.25, 0.3) is 5.91 Å². The fourth-order valence-electron chi connectivity index (χ4n) is 4.49. The number of para-hydroxylation sites is 1. The van der Waals surface area contributed by atoms with Crippen molar-refractivity contribution in [3.63, 3.8) is 0 Å². The Balaban J connectivity index is 1.37. The van der Waals surface area contributed by atoms with E-state index in [1.165, 1.54) is 17.7 Å². The zero-order chi connectivity index (χ0) is 19.5. The number of rotatable bonds is 3. The van der Waals surface area contributed by atoms with Crippen LogP contribution in [0.1, 0.15) is 28.8 Å². The van der Waals surface area contributed by atoms with Crippen molar-refractivity contribution in [1.82, 2.24) is 9.80 Å². The average molecular weight is 442 g/mol. The molecule has 0 unspecified atom stereocenters. The molecule has 4 rings (SSSR count). The van der Waals surface area contributed by atoms with Crippen LogP contribution in [0.4, 0.5) is 5.69 Å². The molecule has 2 saturated heterocycles. The summed E-state index contributed by atoms with van der Waals surface area (Å²) >= 11 is 3.48. The van der Waals surface area contributed by atoms with E-state index in [2.05, 4.69) is 56.9 Å². The molecule has 28 heavy (non-hydrogen) atoms. The molecule has 0 N–H and O–H groups in total. The normalized spacial score (nSPS) is 21.0. The van der Waals surface area contributed by atoms with Gasteiger partial charge in [-0.1, -0.05) is 40.2 Å². The third kappa shape index (κ3) is 4.26. The van der Waals surface area contributed by atoms with Gasteiger partial charge in [0, 0.05) is 61.0 Å². The maximum atomic E-state index is 12.9. The molecular formula is C23H28BrN3O. The van der Waals surface area contributed by atoms with Gasteiger partial charge in [0.05, 0.1) is 0 Å². The molecule has 2 aromatic rings. The molecule has 148 valence electrons. The number of piperazine rings is 1. The largest absolute Gasteiger partial charge is 0.369 e. The standard InChI is InChI=1S/C23H28BrN3O/c1-18-6-2-3-10-22(18)26-14-12-25(13-15-26)21-9-5-11-27(17-21)23(28)19-7-4-8-20(24)16-19/h2-4,6-8,10,16,21H,5,9,11-15,17H2,1H3/t21-/m0/s1. The third-order valence-corrected chi connectivity index (χ3v) is 6.54. The molecule has 2 fully saturated rings. The van der Waals surface area contributed by atoms with Crippen LogP contribution in [0.5, 0.6) is 0 Å². The Morgan fingerprint density at radius 1 is 1.00 bits per heavy atom. The van der Waals surface area contributed by atoms with Crippen molar-refractivity contribution < 1.29 is 4.79 Å². The summed E-state index contributed by atoms with van der Waals surface area (Å²) in [7, 11) is 0. The number of hydrogen-bond acceptors (Lipinski definition) is 3. The summed E-state index contributed by atoms with van der Waals surface area (Å²) in [5.41, 5.74) is 3.48. The first kappa shape index (κ1) is 19.5. The Morgan fingerprint density at radius 2 is 1.79 bits per heavy atom. The molecule has 2 aliphatic heterocycles. The number of hydrogen-bond donors (Lipinski definition) is 0. The van der Waals surface area contributed by atoms with Crippen molar-refractivity contribution in [2.24, 2.45) is 0 Å². The molecule has 0 radical (unpaired) electrons. The maximum absolute atomic E-state index is 12.9. The van der Waals surface area contributed by atoms with E-state index in [9.17, 15) is 4.79 Å². The molecule has 2 heterocycles. The first-order chi connectivity index (χ1) is 13.6. The van der Waals surface area contributed by atoms with Crippen molar-refractivity contribution in [1.29, 1.82) is 0 Å². The van der Waals surface area contributed by atoms with E-state index in [4.69, 9.17) is 0 Å². The summed E-state index contributed by atoms with van der Waals surface area (Å²) < 4.78 is 0.958. The molecule has 0 spiro atoms. The molecule has 5 heteroatoms. The molecule has 2 aliphatic rings. The molecule has 0 aromatic heterocycles. The summed E-state index contributed by atoms with van der Waals surface area (Å²) in [6, 6.07) is 16.9. The Labute approximate surface area is 176 Å². The highest BCUT2D eigenvalue weighted by Crippen LogP contribution is 2.24. The van der Waals surface area contributed by atoms with Crippen molar-refractivity contribution >= 4 is 27.5 Å². The number of amides is 1. The Hall–Kier alpha value is -1.85. The minimum Gasteiger partial charge on any atom is -0.369 e. The number of carbonyl (C=O) groups is 1. The molecule has 1 atom stereocenters. The van der Waals surface area contributed by atoms with E-state index in [1.807, 2.05) is 29.2 Å². The molecule has 0 aliphatic carbocycles. The molecule has 0 saturated carbocycles. The highest BCUT2D eigenvalue weighted by atomic mass is 79.9. The minimum atomic E-state index is 0.157. The van der Waals surface area contributed by atoms with E-state index in [0.717, 1.165) is 55.7 Å². The van der Waals surface area contributed by atoms with Gasteiger partial charge in [0.2, 0.25) is 0 Å². The number of likely N-dealkylation sites (tertiary alicyclic amines) is 1. The van der Waals surface area contributed by atoms with Gasteiger partial charge in [-0.25, -0.2) is 0 Å². The van der Waals surface area contributed by atoms with Crippen LogP contribution < -0.4 is 4.90 Å². The van der Waals surface area contributed by atoms with Crippen LogP contribution in [-0.4, -0.2) is 61.0 Å². The molecule has 0 bridgehead atoms. The van der Waals surface area contributed by atoms with E-state index >= 15 is 0 Å². The third-order valence-electron chi connectivity index (χ3n) is 6.04. The summed E-state index contributed by atoms with van der Waals surface area (Å²) in [6.45, 7) is 8.15. The Morgan fingerprint density at radius 3 is 2.54 bits per heavy atom. The van der Waals surface area contributed by atoms with Crippen LogP contribution in [0.3, 0.4) is 0 Å². The van der Waals surface area contributed by atoms with Gasteiger partial charge < -0.3 is 9.80 Å². The Bertz CT molecular complexity index is 832. The summed E-state index contributed by atoms with van der Waals surface area (Å²) in [6.07, 6.45) is 2.27.